The van der Waals surface area contributed by atoms with E-state index in [1.807, 2.05) is 44.2 Å². The fourth-order valence-corrected chi connectivity index (χ4v) is 2.12. The van der Waals surface area contributed by atoms with Gasteiger partial charge in [-0.15, -0.1) is 0 Å². The third-order valence-corrected chi connectivity index (χ3v) is 3.20. The summed E-state index contributed by atoms with van der Waals surface area (Å²) in [6, 6.07) is 9.76. The second-order valence-corrected chi connectivity index (χ2v) is 4.58. The van der Waals surface area contributed by atoms with E-state index in [-0.39, 0.29) is 0 Å². The van der Waals surface area contributed by atoms with Crippen LogP contribution in [0.2, 0.25) is 0 Å². The largest absolute Gasteiger partial charge is 0.485 e. The van der Waals surface area contributed by atoms with Gasteiger partial charge in [0.25, 0.3) is 0 Å². The minimum atomic E-state index is 0.382. The van der Waals surface area contributed by atoms with Gasteiger partial charge in [-0.2, -0.15) is 0 Å². The summed E-state index contributed by atoms with van der Waals surface area (Å²) >= 11 is 0. The van der Waals surface area contributed by atoms with Crippen molar-refractivity contribution in [3.63, 3.8) is 0 Å². The van der Waals surface area contributed by atoms with Crippen LogP contribution in [0.15, 0.2) is 40.9 Å². The average Bonchev–Trinajstić information content (AvgIpc) is 2.85. The van der Waals surface area contributed by atoms with E-state index in [4.69, 9.17) is 9.15 Å². The van der Waals surface area contributed by atoms with Gasteiger partial charge < -0.3 is 9.15 Å². The lowest BCUT2D eigenvalue weighted by Crippen LogP contribution is -1.96. The van der Waals surface area contributed by atoms with E-state index < -0.39 is 0 Å². The number of fused-ring (bicyclic) bond motifs is 1. The Labute approximate surface area is 117 Å². The number of rotatable bonds is 4. The molecule has 2 aromatic heterocycles. The zero-order valence-corrected chi connectivity index (χ0v) is 11.6. The molecule has 2 heterocycles. The number of hydrogen-bond acceptors (Lipinski definition) is 4. The number of hydrogen-bond donors (Lipinski definition) is 0. The van der Waals surface area contributed by atoms with Crippen LogP contribution in [-0.2, 0) is 13.0 Å². The van der Waals surface area contributed by atoms with Crippen molar-refractivity contribution < 1.29 is 9.15 Å². The second-order valence-electron chi connectivity index (χ2n) is 4.58. The molecule has 0 aliphatic carbocycles. The number of aromatic nitrogens is 2. The van der Waals surface area contributed by atoms with Gasteiger partial charge in [0.1, 0.15) is 12.4 Å². The molecule has 0 spiro atoms. The highest BCUT2D eigenvalue weighted by molar-refractivity contribution is 5.84. The van der Waals surface area contributed by atoms with Crippen molar-refractivity contribution in [3.8, 4) is 5.75 Å². The van der Waals surface area contributed by atoms with Gasteiger partial charge in [-0.1, -0.05) is 13.0 Å². The summed E-state index contributed by atoms with van der Waals surface area (Å²) in [5.74, 6) is 2.34. The van der Waals surface area contributed by atoms with Gasteiger partial charge >= 0.3 is 0 Å². The molecule has 0 saturated heterocycles. The number of pyridine rings is 1. The molecule has 20 heavy (non-hydrogen) atoms. The van der Waals surface area contributed by atoms with Crippen molar-refractivity contribution in [1.29, 1.82) is 0 Å². The van der Waals surface area contributed by atoms with E-state index in [1.54, 1.807) is 6.20 Å². The smallest absolute Gasteiger partial charge is 0.194 e. The van der Waals surface area contributed by atoms with Crippen molar-refractivity contribution in [2.75, 3.05) is 0 Å². The highest BCUT2D eigenvalue weighted by atomic mass is 16.5. The Morgan fingerprint density at radius 1 is 1.20 bits per heavy atom. The molecule has 0 saturated carbocycles. The van der Waals surface area contributed by atoms with E-state index in [0.717, 1.165) is 40.4 Å². The predicted octanol–water partition coefficient (Wildman–Crippen LogP) is 3.67. The van der Waals surface area contributed by atoms with Crippen LogP contribution in [0.1, 0.15) is 24.3 Å². The first kappa shape index (κ1) is 12.7. The Morgan fingerprint density at radius 2 is 2.10 bits per heavy atom. The van der Waals surface area contributed by atoms with Crippen LogP contribution in [0.4, 0.5) is 0 Å². The Balaban J connectivity index is 1.85. The highest BCUT2D eigenvalue weighted by Crippen LogP contribution is 2.25. The molecule has 0 N–H and O–H groups in total. The molecule has 1 aromatic carbocycles. The molecule has 3 aromatic rings. The van der Waals surface area contributed by atoms with Gasteiger partial charge in [-0.05, 0) is 31.2 Å². The minimum Gasteiger partial charge on any atom is -0.485 e. The summed E-state index contributed by atoms with van der Waals surface area (Å²) in [5, 5.41) is 1.00. The summed E-state index contributed by atoms with van der Waals surface area (Å²) < 4.78 is 11.5. The zero-order valence-electron chi connectivity index (χ0n) is 11.6. The maximum atomic E-state index is 5.87. The van der Waals surface area contributed by atoms with Crippen molar-refractivity contribution in [3.05, 3.63) is 53.9 Å². The molecule has 0 radical (unpaired) electrons. The fraction of sp³-hybridized carbons (Fsp3) is 0.250. The number of aryl methyl sites for hydroxylation is 2. The van der Waals surface area contributed by atoms with Crippen molar-refractivity contribution in [2.45, 2.75) is 26.9 Å². The zero-order chi connectivity index (χ0) is 13.9. The van der Waals surface area contributed by atoms with Gasteiger partial charge in [0, 0.05) is 18.0 Å². The molecular weight excluding hydrogens is 252 g/mol. The normalized spacial score (nSPS) is 10.9. The van der Waals surface area contributed by atoms with E-state index in [9.17, 15) is 0 Å². The third kappa shape index (κ3) is 2.37. The first-order valence-corrected chi connectivity index (χ1v) is 6.69. The van der Waals surface area contributed by atoms with E-state index >= 15 is 0 Å². The molecule has 0 amide bonds. The first-order valence-electron chi connectivity index (χ1n) is 6.69. The lowest BCUT2D eigenvalue weighted by molar-refractivity contribution is 0.268. The van der Waals surface area contributed by atoms with Crippen molar-refractivity contribution in [1.82, 2.24) is 9.97 Å². The van der Waals surface area contributed by atoms with E-state index in [1.165, 1.54) is 0 Å². The van der Waals surface area contributed by atoms with Crippen LogP contribution in [0.25, 0.3) is 10.9 Å². The Morgan fingerprint density at radius 3 is 2.90 bits per heavy atom. The monoisotopic (exact) mass is 268 g/mol. The molecule has 4 heteroatoms. The molecule has 3 rings (SSSR count). The molecule has 0 aliphatic rings. The average molecular weight is 268 g/mol. The molecule has 4 nitrogen and oxygen atoms in total. The van der Waals surface area contributed by atoms with Crippen LogP contribution < -0.4 is 4.74 Å². The standard InChI is InChI=1S/C16H16N2O2/c1-3-16-18-11(2)15(20-16)10-19-14-8-4-7-13-12(14)6-5-9-17-13/h4-9H,3,10H2,1-2H3. The second kappa shape index (κ2) is 5.33. The SMILES string of the molecule is CCc1nc(C)c(COc2cccc3ncccc23)o1. The van der Waals surface area contributed by atoms with Crippen LogP contribution in [0.3, 0.4) is 0 Å². The van der Waals surface area contributed by atoms with Gasteiger partial charge in [0.05, 0.1) is 11.2 Å². The number of nitrogens with zero attached hydrogens (tertiary/aromatic N) is 2. The molecule has 0 bridgehead atoms. The topological polar surface area (TPSA) is 48.2 Å². The van der Waals surface area contributed by atoms with Gasteiger partial charge in [-0.3, -0.25) is 4.98 Å². The number of oxazole rings is 1. The summed E-state index contributed by atoms with van der Waals surface area (Å²) in [6.07, 6.45) is 2.57. The van der Waals surface area contributed by atoms with Crippen LogP contribution >= 0.6 is 0 Å². The van der Waals surface area contributed by atoms with Crippen LogP contribution in [0.5, 0.6) is 5.75 Å². The Kier molecular flexibility index (Phi) is 3.37. The van der Waals surface area contributed by atoms with Crippen molar-refractivity contribution >= 4 is 10.9 Å². The summed E-state index contributed by atoms with van der Waals surface area (Å²) in [7, 11) is 0. The molecule has 0 unspecified atom stereocenters. The Bertz CT molecular complexity index is 729. The molecule has 0 aliphatic heterocycles. The highest BCUT2D eigenvalue weighted by Gasteiger charge is 2.10. The molecule has 102 valence electrons. The van der Waals surface area contributed by atoms with E-state index in [0.29, 0.717) is 6.61 Å². The fourth-order valence-electron chi connectivity index (χ4n) is 2.12. The predicted molar refractivity (Wildman–Crippen MR) is 76.7 cm³/mol. The Hall–Kier alpha value is -2.36. The summed E-state index contributed by atoms with van der Waals surface area (Å²) in [5.41, 5.74) is 1.81. The summed E-state index contributed by atoms with van der Waals surface area (Å²) in [4.78, 5) is 8.66. The third-order valence-electron chi connectivity index (χ3n) is 3.20. The molecular formula is C16H16N2O2. The quantitative estimate of drug-likeness (QED) is 0.724. The lowest BCUT2D eigenvalue weighted by Gasteiger charge is -2.07. The van der Waals surface area contributed by atoms with Gasteiger partial charge in [0.15, 0.2) is 11.7 Å². The maximum absolute atomic E-state index is 5.87. The lowest BCUT2D eigenvalue weighted by atomic mass is 10.2. The number of benzene rings is 1. The minimum absolute atomic E-state index is 0.382. The van der Waals surface area contributed by atoms with Crippen molar-refractivity contribution in [2.24, 2.45) is 0 Å². The first-order chi connectivity index (χ1) is 9.78. The molecule has 0 fully saturated rings. The maximum Gasteiger partial charge on any atom is 0.194 e. The van der Waals surface area contributed by atoms with Gasteiger partial charge in [-0.25, -0.2) is 4.98 Å². The van der Waals surface area contributed by atoms with E-state index in [2.05, 4.69) is 9.97 Å². The number of ether oxygens (including phenoxy) is 1. The van der Waals surface area contributed by atoms with Crippen LogP contribution in [0, 0.1) is 6.92 Å². The van der Waals surface area contributed by atoms with Crippen LogP contribution in [-0.4, -0.2) is 9.97 Å². The van der Waals surface area contributed by atoms with Gasteiger partial charge in [0.2, 0.25) is 0 Å². The summed E-state index contributed by atoms with van der Waals surface area (Å²) in [6.45, 7) is 4.34. The molecule has 0 atom stereocenters.